The van der Waals surface area contributed by atoms with E-state index in [0.29, 0.717) is 6.54 Å². The molecule has 0 atom stereocenters. The Balaban J connectivity index is 2.58. The molecule has 0 saturated heterocycles. The molecule has 1 aromatic rings. The van der Waals surface area contributed by atoms with E-state index in [2.05, 4.69) is 17.9 Å². The molecule has 0 aliphatic rings. The summed E-state index contributed by atoms with van der Waals surface area (Å²) in [6.07, 6.45) is 2.13. The van der Waals surface area contributed by atoms with Crippen molar-refractivity contribution in [3.63, 3.8) is 0 Å². The molecule has 0 aromatic heterocycles. The highest BCUT2D eigenvalue weighted by Crippen LogP contribution is 2.12. The Morgan fingerprint density at radius 2 is 2.00 bits per heavy atom. The maximum atomic E-state index is 8.79. The average Bonchev–Trinajstić information content (AvgIpc) is 2.21. The van der Waals surface area contributed by atoms with Gasteiger partial charge in [0.05, 0.1) is 6.61 Å². The van der Waals surface area contributed by atoms with Gasteiger partial charge in [0, 0.05) is 18.1 Å². The Kier molecular flexibility index (Phi) is 5.53. The van der Waals surface area contributed by atoms with Crippen molar-refractivity contribution >= 4 is 17.7 Å². The van der Waals surface area contributed by atoms with Gasteiger partial charge in [-0.1, -0.05) is 35.4 Å². The lowest BCUT2D eigenvalue weighted by Crippen LogP contribution is -2.23. The third-order valence-corrected chi connectivity index (χ3v) is 2.54. The summed E-state index contributed by atoms with van der Waals surface area (Å²) in [5.74, 6) is 0. The van der Waals surface area contributed by atoms with Gasteiger partial charge < -0.3 is 10.0 Å². The van der Waals surface area contributed by atoms with Gasteiger partial charge in [-0.25, -0.2) is 0 Å². The third-order valence-electron chi connectivity index (χ3n) is 2.28. The van der Waals surface area contributed by atoms with E-state index >= 15 is 0 Å². The van der Waals surface area contributed by atoms with Gasteiger partial charge in [-0.2, -0.15) is 0 Å². The fourth-order valence-electron chi connectivity index (χ4n) is 1.56. The molecule has 0 bridgehead atoms. The molecule has 3 heteroatoms. The van der Waals surface area contributed by atoms with Crippen LogP contribution >= 0.6 is 11.6 Å². The first-order valence-corrected chi connectivity index (χ1v) is 5.72. The molecule has 1 N–H and O–H groups in total. The highest BCUT2D eigenvalue weighted by molar-refractivity contribution is 6.30. The van der Waals surface area contributed by atoms with Gasteiger partial charge in [0.15, 0.2) is 0 Å². The minimum atomic E-state index is 0.199. The van der Waals surface area contributed by atoms with Crippen molar-refractivity contribution in [3.05, 3.63) is 40.4 Å². The summed E-state index contributed by atoms with van der Waals surface area (Å²) in [5, 5.41) is 9.55. The number of aliphatic hydroxyl groups excluding tert-OH is 1. The van der Waals surface area contributed by atoms with E-state index in [4.69, 9.17) is 16.7 Å². The van der Waals surface area contributed by atoms with Crippen LogP contribution in [0.15, 0.2) is 29.8 Å². The van der Waals surface area contributed by atoms with E-state index in [1.54, 1.807) is 0 Å². The summed E-state index contributed by atoms with van der Waals surface area (Å²) in [6.45, 7) is 3.85. The highest BCUT2D eigenvalue weighted by Gasteiger charge is 1.98. The van der Waals surface area contributed by atoms with Crippen LogP contribution in [0.2, 0.25) is 5.02 Å². The summed E-state index contributed by atoms with van der Waals surface area (Å²) in [4.78, 5) is 2.09. The fourth-order valence-corrected chi connectivity index (χ4v) is 1.69. The van der Waals surface area contributed by atoms with Gasteiger partial charge in [0.1, 0.15) is 0 Å². The maximum Gasteiger partial charge on any atom is 0.0558 e. The zero-order valence-corrected chi connectivity index (χ0v) is 10.5. The smallest absolute Gasteiger partial charge is 0.0558 e. The van der Waals surface area contributed by atoms with Gasteiger partial charge in [-0.3, -0.25) is 0 Å². The predicted octanol–water partition coefficient (Wildman–Crippen LogP) is 2.67. The zero-order valence-electron chi connectivity index (χ0n) is 9.78. The summed E-state index contributed by atoms with van der Waals surface area (Å²) in [5.41, 5.74) is 2.41. The second-order valence-electron chi connectivity index (χ2n) is 4.00. The van der Waals surface area contributed by atoms with E-state index in [1.165, 1.54) is 5.57 Å². The lowest BCUT2D eigenvalue weighted by Gasteiger charge is -2.15. The third kappa shape index (κ3) is 4.79. The van der Waals surface area contributed by atoms with Crippen LogP contribution < -0.4 is 0 Å². The van der Waals surface area contributed by atoms with Gasteiger partial charge in [-0.15, -0.1) is 0 Å². The van der Waals surface area contributed by atoms with Crippen LogP contribution in [0.5, 0.6) is 0 Å². The summed E-state index contributed by atoms with van der Waals surface area (Å²) >= 11 is 5.82. The first-order valence-electron chi connectivity index (χ1n) is 5.34. The van der Waals surface area contributed by atoms with Crippen LogP contribution in [0.4, 0.5) is 0 Å². The van der Waals surface area contributed by atoms with Gasteiger partial charge in [0.2, 0.25) is 0 Å². The number of rotatable bonds is 5. The Hall–Kier alpha value is -0.830. The monoisotopic (exact) mass is 239 g/mol. The number of halogens is 1. The molecule has 1 aromatic carbocycles. The average molecular weight is 240 g/mol. The van der Waals surface area contributed by atoms with Gasteiger partial charge in [-0.05, 0) is 31.7 Å². The molecular weight excluding hydrogens is 222 g/mol. The van der Waals surface area contributed by atoms with Crippen LogP contribution in [-0.2, 0) is 0 Å². The van der Waals surface area contributed by atoms with Crippen LogP contribution in [0, 0.1) is 0 Å². The minimum absolute atomic E-state index is 0.199. The highest BCUT2D eigenvalue weighted by atomic mass is 35.5. The van der Waals surface area contributed by atoms with Crippen molar-refractivity contribution in [1.82, 2.24) is 4.90 Å². The molecule has 0 aliphatic carbocycles. The zero-order chi connectivity index (χ0) is 12.0. The number of hydrogen-bond donors (Lipinski definition) is 1. The van der Waals surface area contributed by atoms with E-state index in [1.807, 2.05) is 31.3 Å². The van der Waals surface area contributed by atoms with Crippen molar-refractivity contribution < 1.29 is 5.11 Å². The fraction of sp³-hybridized carbons (Fsp3) is 0.385. The maximum absolute atomic E-state index is 8.79. The Morgan fingerprint density at radius 3 is 2.56 bits per heavy atom. The largest absolute Gasteiger partial charge is 0.395 e. The predicted molar refractivity (Wildman–Crippen MR) is 69.7 cm³/mol. The Labute approximate surface area is 102 Å². The van der Waals surface area contributed by atoms with Crippen LogP contribution in [0.1, 0.15) is 12.5 Å². The van der Waals surface area contributed by atoms with Crippen molar-refractivity contribution in [3.8, 4) is 0 Å². The number of nitrogens with zero attached hydrogens (tertiary/aromatic N) is 1. The Bertz CT molecular complexity index is 345. The van der Waals surface area contributed by atoms with Gasteiger partial charge >= 0.3 is 0 Å². The number of likely N-dealkylation sites (N-methyl/N-ethyl adjacent to an activating group) is 1. The number of aliphatic hydroxyl groups is 1. The minimum Gasteiger partial charge on any atom is -0.395 e. The first-order chi connectivity index (χ1) is 7.61. The molecular formula is C13H18ClNO. The van der Waals surface area contributed by atoms with E-state index in [9.17, 15) is 0 Å². The molecule has 0 aliphatic heterocycles. The second-order valence-corrected chi connectivity index (χ2v) is 4.44. The van der Waals surface area contributed by atoms with Gasteiger partial charge in [0.25, 0.3) is 0 Å². The molecule has 0 radical (unpaired) electrons. The molecule has 1 rings (SSSR count). The molecule has 0 saturated carbocycles. The Morgan fingerprint density at radius 1 is 1.38 bits per heavy atom. The SMILES string of the molecule is C/C(=C\c1ccc(Cl)cc1)CN(C)CCO. The molecule has 2 nitrogen and oxygen atoms in total. The van der Waals surface area contributed by atoms with Crippen LogP contribution in [0.3, 0.4) is 0 Å². The molecule has 0 fully saturated rings. The van der Waals surface area contributed by atoms with Crippen LogP contribution in [0.25, 0.3) is 6.08 Å². The first kappa shape index (κ1) is 13.2. The summed E-state index contributed by atoms with van der Waals surface area (Å²) < 4.78 is 0. The number of hydrogen-bond acceptors (Lipinski definition) is 2. The summed E-state index contributed by atoms with van der Waals surface area (Å²) in [7, 11) is 2.00. The number of benzene rings is 1. The lowest BCUT2D eigenvalue weighted by atomic mass is 10.1. The molecule has 0 spiro atoms. The van der Waals surface area contributed by atoms with Crippen molar-refractivity contribution in [1.29, 1.82) is 0 Å². The molecule has 0 heterocycles. The quantitative estimate of drug-likeness (QED) is 0.854. The topological polar surface area (TPSA) is 23.5 Å². The van der Waals surface area contributed by atoms with Crippen molar-refractivity contribution in [2.24, 2.45) is 0 Å². The van der Waals surface area contributed by atoms with E-state index < -0.39 is 0 Å². The van der Waals surface area contributed by atoms with Crippen molar-refractivity contribution in [2.45, 2.75) is 6.92 Å². The molecule has 16 heavy (non-hydrogen) atoms. The standard InChI is InChI=1S/C13H18ClNO/c1-11(10-15(2)7-8-16)9-12-3-5-13(14)6-4-12/h3-6,9,16H,7-8,10H2,1-2H3/b11-9+. The van der Waals surface area contributed by atoms with E-state index in [0.717, 1.165) is 17.1 Å². The van der Waals surface area contributed by atoms with E-state index in [-0.39, 0.29) is 6.61 Å². The van der Waals surface area contributed by atoms with Crippen molar-refractivity contribution in [2.75, 3.05) is 26.7 Å². The normalized spacial score (nSPS) is 12.2. The van der Waals surface area contributed by atoms with Crippen LogP contribution in [-0.4, -0.2) is 36.8 Å². The lowest BCUT2D eigenvalue weighted by molar-refractivity contribution is 0.230. The summed E-state index contributed by atoms with van der Waals surface area (Å²) in [6, 6.07) is 7.77. The molecule has 0 amide bonds. The molecule has 88 valence electrons. The second kappa shape index (κ2) is 6.69. The molecule has 0 unspecified atom stereocenters.